The molecule has 0 aliphatic heterocycles. The summed E-state index contributed by atoms with van der Waals surface area (Å²) in [5.41, 5.74) is 0. The number of ether oxygens (including phenoxy) is 1. The normalized spacial score (nSPS) is 10.4. The van der Waals surface area contributed by atoms with E-state index in [0.717, 1.165) is 12.8 Å². The number of carbonyl (C=O) groups is 1. The van der Waals surface area contributed by atoms with Gasteiger partial charge in [0.1, 0.15) is 6.54 Å². The van der Waals surface area contributed by atoms with E-state index in [1.807, 2.05) is 0 Å². The monoisotopic (exact) mass is 157 g/mol. The van der Waals surface area contributed by atoms with Gasteiger partial charge in [0.15, 0.2) is 0 Å². The van der Waals surface area contributed by atoms with Gasteiger partial charge in [-0.3, -0.25) is 9.79 Å². The Hall–Kier alpha value is -0.860. The Balaban J connectivity index is 3.29. The Morgan fingerprint density at radius 3 is 2.82 bits per heavy atom. The molecule has 0 amide bonds. The van der Waals surface area contributed by atoms with E-state index in [2.05, 4.69) is 16.7 Å². The molecule has 0 rings (SSSR count). The summed E-state index contributed by atoms with van der Waals surface area (Å²) in [5, 5.41) is 0. The molecule has 0 aliphatic rings. The minimum Gasteiger partial charge on any atom is -0.465 e. The average Bonchev–Trinajstić information content (AvgIpc) is 1.99. The summed E-state index contributed by atoms with van der Waals surface area (Å²) in [7, 11) is 0. The van der Waals surface area contributed by atoms with Crippen LogP contribution in [0.15, 0.2) is 4.99 Å². The van der Waals surface area contributed by atoms with Crippen LogP contribution in [-0.2, 0) is 9.53 Å². The maximum Gasteiger partial charge on any atom is 0.327 e. The molecule has 64 valence electrons. The smallest absolute Gasteiger partial charge is 0.327 e. The van der Waals surface area contributed by atoms with Crippen molar-refractivity contribution in [1.29, 1.82) is 0 Å². The van der Waals surface area contributed by atoms with Crippen molar-refractivity contribution in [2.75, 3.05) is 13.2 Å². The predicted octanol–water partition coefficient (Wildman–Crippen LogP) is 1.42. The highest BCUT2D eigenvalue weighted by Gasteiger charge is 1.95. The molecule has 0 aromatic carbocycles. The van der Waals surface area contributed by atoms with Crippen molar-refractivity contribution in [2.24, 2.45) is 4.99 Å². The van der Waals surface area contributed by atoms with Crippen LogP contribution in [0.5, 0.6) is 0 Å². The fourth-order valence-corrected chi connectivity index (χ4v) is 0.566. The summed E-state index contributed by atoms with van der Waals surface area (Å²) in [6.45, 7) is 4.44. The van der Waals surface area contributed by atoms with E-state index in [9.17, 15) is 4.79 Å². The topological polar surface area (TPSA) is 38.7 Å². The fourth-order valence-electron chi connectivity index (χ4n) is 0.566. The molecule has 0 fully saturated rings. The second-order valence-electron chi connectivity index (χ2n) is 2.12. The number of unbranched alkanes of at least 4 members (excludes halogenated alkanes) is 1. The van der Waals surface area contributed by atoms with Gasteiger partial charge in [0, 0.05) is 0 Å². The number of rotatable bonds is 5. The van der Waals surface area contributed by atoms with Crippen molar-refractivity contribution in [3.63, 3.8) is 0 Å². The fraction of sp³-hybridized carbons (Fsp3) is 0.750. The Labute approximate surface area is 67.5 Å². The Morgan fingerprint density at radius 1 is 1.55 bits per heavy atom. The maximum atomic E-state index is 10.7. The minimum absolute atomic E-state index is 0.161. The predicted molar refractivity (Wildman–Crippen MR) is 44.9 cm³/mol. The highest BCUT2D eigenvalue weighted by Crippen LogP contribution is 1.83. The zero-order valence-corrected chi connectivity index (χ0v) is 7.17. The van der Waals surface area contributed by atoms with Gasteiger partial charge < -0.3 is 4.74 Å². The van der Waals surface area contributed by atoms with Crippen LogP contribution in [-0.4, -0.2) is 25.3 Å². The first-order valence-corrected chi connectivity index (χ1v) is 3.95. The third-order valence-electron chi connectivity index (χ3n) is 1.07. The van der Waals surface area contributed by atoms with Gasteiger partial charge in [-0.2, -0.15) is 0 Å². The number of carbonyl (C=O) groups excluding carboxylic acids is 1. The molecule has 0 saturated heterocycles. The van der Waals surface area contributed by atoms with Crippen LogP contribution in [0.3, 0.4) is 0 Å². The summed E-state index contributed by atoms with van der Waals surface area (Å²) in [6, 6.07) is 0. The summed E-state index contributed by atoms with van der Waals surface area (Å²) in [5.74, 6) is -0.250. The van der Waals surface area contributed by atoms with Crippen LogP contribution in [0, 0.1) is 0 Å². The second kappa shape index (κ2) is 7.25. The van der Waals surface area contributed by atoms with Gasteiger partial charge >= 0.3 is 5.97 Å². The molecule has 0 aromatic rings. The van der Waals surface area contributed by atoms with E-state index < -0.39 is 0 Å². The molecule has 0 spiro atoms. The van der Waals surface area contributed by atoms with E-state index in [-0.39, 0.29) is 12.5 Å². The van der Waals surface area contributed by atoms with Crippen LogP contribution in [0.25, 0.3) is 0 Å². The lowest BCUT2D eigenvalue weighted by atomic mass is 10.4. The number of aliphatic imine (C=N–C) groups is 1. The van der Waals surface area contributed by atoms with E-state index in [1.165, 1.54) is 0 Å². The first-order chi connectivity index (χ1) is 5.31. The lowest BCUT2D eigenvalue weighted by Crippen LogP contribution is -2.07. The van der Waals surface area contributed by atoms with Crippen molar-refractivity contribution >= 4 is 12.2 Å². The molecule has 0 atom stereocenters. The second-order valence-corrected chi connectivity index (χ2v) is 2.12. The molecule has 3 nitrogen and oxygen atoms in total. The Bertz CT molecular complexity index is 132. The maximum absolute atomic E-state index is 10.7. The summed E-state index contributed by atoms with van der Waals surface area (Å²) >= 11 is 0. The molecule has 0 radical (unpaired) electrons. The molecular weight excluding hydrogens is 142 g/mol. The van der Waals surface area contributed by atoms with Crippen LogP contribution in [0.1, 0.15) is 26.7 Å². The molecule has 0 aliphatic carbocycles. The first-order valence-electron chi connectivity index (χ1n) is 3.95. The molecule has 3 heteroatoms. The number of nitrogens with zero attached hydrogens (tertiary/aromatic N) is 1. The molecule has 11 heavy (non-hydrogen) atoms. The number of hydrogen-bond acceptors (Lipinski definition) is 3. The van der Waals surface area contributed by atoms with Gasteiger partial charge in [0.2, 0.25) is 0 Å². The van der Waals surface area contributed by atoms with Crippen molar-refractivity contribution in [2.45, 2.75) is 26.7 Å². The third-order valence-corrected chi connectivity index (χ3v) is 1.07. The average molecular weight is 157 g/mol. The van der Waals surface area contributed by atoms with Crippen molar-refractivity contribution in [1.82, 2.24) is 0 Å². The SMILES string of the molecule is CCCC=NCC(=O)OCC. The van der Waals surface area contributed by atoms with Gasteiger partial charge in [-0.05, 0) is 19.6 Å². The molecule has 0 saturated carbocycles. The van der Waals surface area contributed by atoms with Gasteiger partial charge in [0.25, 0.3) is 0 Å². The van der Waals surface area contributed by atoms with E-state index >= 15 is 0 Å². The quantitative estimate of drug-likeness (QED) is 0.447. The van der Waals surface area contributed by atoms with Crippen molar-refractivity contribution in [3.8, 4) is 0 Å². The lowest BCUT2D eigenvalue weighted by Gasteiger charge is -1.95. The zero-order valence-electron chi connectivity index (χ0n) is 7.17. The van der Waals surface area contributed by atoms with Crippen LogP contribution >= 0.6 is 0 Å². The third kappa shape index (κ3) is 7.03. The zero-order chi connectivity index (χ0) is 8.53. The highest BCUT2D eigenvalue weighted by molar-refractivity contribution is 5.73. The minimum atomic E-state index is -0.250. The summed E-state index contributed by atoms with van der Waals surface area (Å²) < 4.78 is 4.67. The van der Waals surface area contributed by atoms with E-state index in [1.54, 1.807) is 13.1 Å². The van der Waals surface area contributed by atoms with Crippen LogP contribution < -0.4 is 0 Å². The Morgan fingerprint density at radius 2 is 2.27 bits per heavy atom. The standard InChI is InChI=1S/C8H15NO2/c1-3-5-6-9-7-8(10)11-4-2/h6H,3-5,7H2,1-2H3. The van der Waals surface area contributed by atoms with Gasteiger partial charge in [-0.15, -0.1) is 0 Å². The number of hydrogen-bond donors (Lipinski definition) is 0. The molecule has 0 unspecified atom stereocenters. The van der Waals surface area contributed by atoms with E-state index in [0.29, 0.717) is 6.61 Å². The molecule has 0 heterocycles. The molecule has 0 N–H and O–H groups in total. The van der Waals surface area contributed by atoms with Crippen LogP contribution in [0.2, 0.25) is 0 Å². The molecule has 0 bridgehead atoms. The van der Waals surface area contributed by atoms with Crippen LogP contribution in [0.4, 0.5) is 0 Å². The van der Waals surface area contributed by atoms with Crippen molar-refractivity contribution in [3.05, 3.63) is 0 Å². The highest BCUT2D eigenvalue weighted by atomic mass is 16.5. The molecular formula is C8H15NO2. The Kier molecular flexibility index (Phi) is 6.68. The van der Waals surface area contributed by atoms with Gasteiger partial charge in [-0.1, -0.05) is 13.3 Å². The number of esters is 1. The van der Waals surface area contributed by atoms with Gasteiger partial charge in [-0.25, -0.2) is 0 Å². The largest absolute Gasteiger partial charge is 0.465 e. The lowest BCUT2D eigenvalue weighted by molar-refractivity contribution is -0.141. The summed E-state index contributed by atoms with van der Waals surface area (Å²) in [6.07, 6.45) is 3.75. The summed E-state index contributed by atoms with van der Waals surface area (Å²) in [4.78, 5) is 14.6. The van der Waals surface area contributed by atoms with Gasteiger partial charge in [0.05, 0.1) is 6.61 Å². The molecule has 0 aromatic heterocycles. The van der Waals surface area contributed by atoms with Crippen molar-refractivity contribution < 1.29 is 9.53 Å². The first kappa shape index (κ1) is 10.1. The van der Waals surface area contributed by atoms with E-state index in [4.69, 9.17) is 0 Å².